The molecule has 0 unspecified atom stereocenters. The van der Waals surface area contributed by atoms with Crippen LogP contribution >= 0.6 is 11.3 Å². The van der Waals surface area contributed by atoms with Crippen molar-refractivity contribution in [3.8, 4) is 11.3 Å². The number of rotatable bonds is 6. The van der Waals surface area contributed by atoms with E-state index in [-0.39, 0.29) is 6.54 Å². The van der Waals surface area contributed by atoms with Crippen molar-refractivity contribution in [3.63, 3.8) is 0 Å². The van der Waals surface area contributed by atoms with Crippen LogP contribution in [0.2, 0.25) is 0 Å². The Balaban J connectivity index is 1.80. The van der Waals surface area contributed by atoms with Crippen LogP contribution < -0.4 is 4.90 Å². The second-order valence-electron chi connectivity index (χ2n) is 5.10. The molecule has 2 aromatic rings. The zero-order valence-electron chi connectivity index (χ0n) is 11.0. The molecular formula is C15H16N2O2S. The maximum atomic E-state index is 11.0. The van der Waals surface area contributed by atoms with Crippen LogP contribution in [0.1, 0.15) is 12.8 Å². The molecule has 1 aromatic carbocycles. The fourth-order valence-electron chi connectivity index (χ4n) is 2.14. The van der Waals surface area contributed by atoms with Gasteiger partial charge >= 0.3 is 5.97 Å². The van der Waals surface area contributed by atoms with Gasteiger partial charge in [-0.25, -0.2) is 4.98 Å². The van der Waals surface area contributed by atoms with Crippen LogP contribution in [-0.4, -0.2) is 29.1 Å². The van der Waals surface area contributed by atoms with Gasteiger partial charge in [0.15, 0.2) is 5.13 Å². The summed E-state index contributed by atoms with van der Waals surface area (Å²) < 4.78 is 0. The van der Waals surface area contributed by atoms with E-state index in [0.29, 0.717) is 5.92 Å². The van der Waals surface area contributed by atoms with E-state index in [1.807, 2.05) is 40.6 Å². The van der Waals surface area contributed by atoms with Crippen LogP contribution in [0, 0.1) is 5.92 Å². The second-order valence-corrected chi connectivity index (χ2v) is 5.94. The summed E-state index contributed by atoms with van der Waals surface area (Å²) >= 11 is 1.52. The maximum Gasteiger partial charge on any atom is 0.323 e. The number of benzene rings is 1. The molecule has 1 heterocycles. The normalized spacial score (nSPS) is 14.2. The number of nitrogens with zero attached hydrogens (tertiary/aromatic N) is 2. The van der Waals surface area contributed by atoms with Crippen molar-refractivity contribution in [3.05, 3.63) is 35.7 Å². The zero-order chi connectivity index (χ0) is 13.9. The highest BCUT2D eigenvalue weighted by molar-refractivity contribution is 7.14. The molecule has 0 bridgehead atoms. The molecule has 0 radical (unpaired) electrons. The van der Waals surface area contributed by atoms with E-state index in [0.717, 1.165) is 22.9 Å². The van der Waals surface area contributed by atoms with Gasteiger partial charge in [-0.05, 0) is 18.8 Å². The molecule has 0 aliphatic heterocycles. The highest BCUT2D eigenvalue weighted by atomic mass is 32.1. The molecule has 1 N–H and O–H groups in total. The number of anilines is 1. The van der Waals surface area contributed by atoms with Gasteiger partial charge in [0.1, 0.15) is 6.54 Å². The summed E-state index contributed by atoms with van der Waals surface area (Å²) in [5, 5.41) is 11.8. The second kappa shape index (κ2) is 5.63. The van der Waals surface area contributed by atoms with E-state index >= 15 is 0 Å². The molecular weight excluding hydrogens is 272 g/mol. The van der Waals surface area contributed by atoms with E-state index in [1.54, 1.807) is 0 Å². The number of hydrogen-bond donors (Lipinski definition) is 1. The summed E-state index contributed by atoms with van der Waals surface area (Å²) in [5.41, 5.74) is 1.98. The number of hydrogen-bond acceptors (Lipinski definition) is 4. The third kappa shape index (κ3) is 3.17. The molecule has 0 spiro atoms. The van der Waals surface area contributed by atoms with Crippen LogP contribution in [-0.2, 0) is 4.79 Å². The number of carboxylic acids is 1. The first-order valence-electron chi connectivity index (χ1n) is 6.70. The van der Waals surface area contributed by atoms with Crippen LogP contribution in [0.15, 0.2) is 35.7 Å². The van der Waals surface area contributed by atoms with Gasteiger partial charge in [-0.15, -0.1) is 11.3 Å². The average Bonchev–Trinajstić information content (AvgIpc) is 3.12. The third-order valence-electron chi connectivity index (χ3n) is 3.33. The van der Waals surface area contributed by atoms with E-state index in [9.17, 15) is 4.79 Å². The molecule has 1 aromatic heterocycles. The van der Waals surface area contributed by atoms with Crippen LogP contribution in [0.4, 0.5) is 5.13 Å². The van der Waals surface area contributed by atoms with E-state index in [1.165, 1.54) is 24.2 Å². The van der Waals surface area contributed by atoms with Gasteiger partial charge in [-0.3, -0.25) is 4.79 Å². The number of thiazole rings is 1. The number of aliphatic carboxylic acids is 1. The highest BCUT2D eigenvalue weighted by Crippen LogP contribution is 2.33. The molecule has 0 atom stereocenters. The number of carboxylic acid groups (broad SMARTS) is 1. The van der Waals surface area contributed by atoms with Crippen molar-refractivity contribution in [2.45, 2.75) is 12.8 Å². The largest absolute Gasteiger partial charge is 0.480 e. The molecule has 1 saturated carbocycles. The molecule has 0 saturated heterocycles. The predicted molar refractivity (Wildman–Crippen MR) is 80.1 cm³/mol. The van der Waals surface area contributed by atoms with Gasteiger partial charge in [0, 0.05) is 17.5 Å². The summed E-state index contributed by atoms with van der Waals surface area (Å²) in [6.07, 6.45) is 2.40. The molecule has 1 aliphatic carbocycles. The molecule has 4 nitrogen and oxygen atoms in total. The topological polar surface area (TPSA) is 53.4 Å². The first-order chi connectivity index (χ1) is 9.72. The van der Waals surface area contributed by atoms with Crippen molar-refractivity contribution >= 4 is 22.4 Å². The van der Waals surface area contributed by atoms with Gasteiger partial charge in [0.25, 0.3) is 0 Å². The van der Waals surface area contributed by atoms with Crippen LogP contribution in [0.25, 0.3) is 11.3 Å². The minimum atomic E-state index is -0.804. The molecule has 0 amide bonds. The van der Waals surface area contributed by atoms with Gasteiger partial charge < -0.3 is 10.0 Å². The van der Waals surface area contributed by atoms with Crippen molar-refractivity contribution < 1.29 is 9.90 Å². The fourth-order valence-corrected chi connectivity index (χ4v) is 2.98. The lowest BCUT2D eigenvalue weighted by atomic mass is 10.2. The lowest BCUT2D eigenvalue weighted by Crippen LogP contribution is -2.31. The summed E-state index contributed by atoms with van der Waals surface area (Å²) in [6, 6.07) is 9.96. The SMILES string of the molecule is O=C(O)CN(CC1CC1)c1nc(-c2ccccc2)cs1. The lowest BCUT2D eigenvalue weighted by Gasteiger charge is -2.19. The van der Waals surface area contributed by atoms with Crippen molar-refractivity contribution in [1.82, 2.24) is 4.98 Å². The maximum absolute atomic E-state index is 11.0. The van der Waals surface area contributed by atoms with Gasteiger partial charge in [0.05, 0.1) is 5.69 Å². The van der Waals surface area contributed by atoms with Crippen molar-refractivity contribution in [1.29, 1.82) is 0 Å². The predicted octanol–water partition coefficient (Wildman–Crippen LogP) is 3.11. The van der Waals surface area contributed by atoms with Crippen LogP contribution in [0.5, 0.6) is 0 Å². The summed E-state index contributed by atoms with van der Waals surface area (Å²) in [6.45, 7) is 0.826. The Morgan fingerprint density at radius 2 is 2.10 bits per heavy atom. The van der Waals surface area contributed by atoms with Crippen molar-refractivity contribution in [2.24, 2.45) is 5.92 Å². The molecule has 104 valence electrons. The van der Waals surface area contributed by atoms with E-state index < -0.39 is 5.97 Å². The van der Waals surface area contributed by atoms with Gasteiger partial charge in [-0.2, -0.15) is 0 Å². The lowest BCUT2D eigenvalue weighted by molar-refractivity contribution is -0.135. The smallest absolute Gasteiger partial charge is 0.323 e. The monoisotopic (exact) mass is 288 g/mol. The standard InChI is InChI=1S/C15H16N2O2S/c18-14(19)9-17(8-11-6-7-11)15-16-13(10-20-15)12-4-2-1-3-5-12/h1-5,10-11H,6-9H2,(H,18,19). The number of carbonyl (C=O) groups is 1. The van der Waals surface area contributed by atoms with Crippen LogP contribution in [0.3, 0.4) is 0 Å². The Kier molecular flexibility index (Phi) is 3.69. The van der Waals surface area contributed by atoms with Gasteiger partial charge in [0.2, 0.25) is 0 Å². The number of aromatic nitrogens is 1. The first kappa shape index (κ1) is 13.1. The summed E-state index contributed by atoms with van der Waals surface area (Å²) in [4.78, 5) is 17.5. The zero-order valence-corrected chi connectivity index (χ0v) is 11.8. The van der Waals surface area contributed by atoms with E-state index in [2.05, 4.69) is 4.98 Å². The molecule has 20 heavy (non-hydrogen) atoms. The Hall–Kier alpha value is -1.88. The Labute approximate surface area is 121 Å². The minimum Gasteiger partial charge on any atom is -0.480 e. The molecule has 3 rings (SSSR count). The van der Waals surface area contributed by atoms with Crippen molar-refractivity contribution in [2.75, 3.05) is 18.0 Å². The third-order valence-corrected chi connectivity index (χ3v) is 4.24. The van der Waals surface area contributed by atoms with Gasteiger partial charge in [-0.1, -0.05) is 30.3 Å². The summed E-state index contributed by atoms with van der Waals surface area (Å²) in [7, 11) is 0. The summed E-state index contributed by atoms with van der Waals surface area (Å²) in [5.74, 6) is -0.166. The Morgan fingerprint density at radius 1 is 1.35 bits per heavy atom. The fraction of sp³-hybridized carbons (Fsp3) is 0.333. The Morgan fingerprint density at radius 3 is 2.75 bits per heavy atom. The first-order valence-corrected chi connectivity index (χ1v) is 7.58. The average molecular weight is 288 g/mol. The molecule has 1 aliphatic rings. The minimum absolute atomic E-state index is 0.0260. The highest BCUT2D eigenvalue weighted by Gasteiger charge is 2.26. The molecule has 5 heteroatoms. The quantitative estimate of drug-likeness (QED) is 0.887. The molecule has 1 fully saturated rings. The van der Waals surface area contributed by atoms with E-state index in [4.69, 9.17) is 5.11 Å². The Bertz CT molecular complexity index is 593.